The van der Waals surface area contributed by atoms with E-state index in [-0.39, 0.29) is 35.7 Å². The van der Waals surface area contributed by atoms with Gasteiger partial charge in [0, 0.05) is 31.2 Å². The molecule has 7 nitrogen and oxygen atoms in total. The molecule has 2 heterocycles. The van der Waals surface area contributed by atoms with Crippen molar-refractivity contribution in [3.05, 3.63) is 59.7 Å². The second-order valence-electron chi connectivity index (χ2n) is 8.82. The summed E-state index contributed by atoms with van der Waals surface area (Å²) in [5.74, 6) is -0.355. The molecule has 1 fully saturated rings. The third-order valence-corrected chi connectivity index (χ3v) is 8.49. The van der Waals surface area contributed by atoms with Crippen LogP contribution in [0.1, 0.15) is 43.7 Å². The van der Waals surface area contributed by atoms with Crippen molar-refractivity contribution in [3.63, 3.8) is 0 Å². The largest absolute Gasteiger partial charge is 0.354 e. The fourth-order valence-electron chi connectivity index (χ4n) is 4.62. The van der Waals surface area contributed by atoms with E-state index in [2.05, 4.69) is 5.32 Å². The predicted molar refractivity (Wildman–Crippen MR) is 127 cm³/mol. The molecule has 33 heavy (non-hydrogen) atoms. The molecule has 2 aliphatic heterocycles. The fourth-order valence-corrected chi connectivity index (χ4v) is 6.38. The summed E-state index contributed by atoms with van der Waals surface area (Å²) < 4.78 is 28.0. The van der Waals surface area contributed by atoms with Crippen LogP contribution in [0.3, 0.4) is 0 Å². The van der Waals surface area contributed by atoms with Crippen LogP contribution in [0.4, 0.5) is 5.69 Å². The molecule has 0 aliphatic carbocycles. The van der Waals surface area contributed by atoms with Crippen LogP contribution in [0.15, 0.2) is 53.4 Å². The maximum absolute atomic E-state index is 13.2. The highest BCUT2D eigenvalue weighted by Gasteiger charge is 2.33. The zero-order valence-electron chi connectivity index (χ0n) is 19.0. The number of carbonyl (C=O) groups excluding carboxylic acids is 2. The average Bonchev–Trinajstić information content (AvgIpc) is 2.81. The number of hydrogen-bond donors (Lipinski definition) is 1. The van der Waals surface area contributed by atoms with E-state index in [1.165, 1.54) is 4.90 Å². The molecule has 1 saturated heterocycles. The van der Waals surface area contributed by atoms with Gasteiger partial charge in [0.15, 0.2) is 0 Å². The Morgan fingerprint density at radius 3 is 2.64 bits per heavy atom. The van der Waals surface area contributed by atoms with Crippen molar-refractivity contribution in [1.82, 2.24) is 9.62 Å². The van der Waals surface area contributed by atoms with Gasteiger partial charge in [-0.25, -0.2) is 8.42 Å². The van der Waals surface area contributed by atoms with Gasteiger partial charge >= 0.3 is 0 Å². The molecule has 0 unspecified atom stereocenters. The fraction of sp³-hybridized carbons (Fsp3) is 0.440. The second-order valence-corrected chi connectivity index (χ2v) is 10.7. The van der Waals surface area contributed by atoms with Gasteiger partial charge in [-0.3, -0.25) is 9.59 Å². The first-order chi connectivity index (χ1) is 15.9. The van der Waals surface area contributed by atoms with Crippen molar-refractivity contribution >= 4 is 27.5 Å². The van der Waals surface area contributed by atoms with E-state index in [1.807, 2.05) is 37.3 Å². The Hall–Kier alpha value is -2.71. The van der Waals surface area contributed by atoms with Gasteiger partial charge in [0.25, 0.3) is 0 Å². The van der Waals surface area contributed by atoms with Gasteiger partial charge in [0.1, 0.15) is 6.54 Å². The van der Waals surface area contributed by atoms with E-state index in [4.69, 9.17) is 0 Å². The number of benzene rings is 2. The first-order valence-corrected chi connectivity index (χ1v) is 13.1. The standard InChI is InChI=1S/C25H31N3O4S/c1-19-7-5-6-16-28(19)33(31,32)22-11-12-23-21(17-22)10-13-25(30)27(23)18-24(29)26-15-14-20-8-3-2-4-9-20/h2-4,8-9,11-12,17,19H,5-7,10,13-16,18H2,1H3,(H,26,29)/t19-/m0/s1. The van der Waals surface area contributed by atoms with E-state index in [0.717, 1.165) is 30.4 Å². The number of rotatable bonds is 7. The number of amides is 2. The Balaban J connectivity index is 1.45. The van der Waals surface area contributed by atoms with Crippen LogP contribution < -0.4 is 10.2 Å². The molecule has 2 aliphatic rings. The summed E-state index contributed by atoms with van der Waals surface area (Å²) in [4.78, 5) is 26.8. The molecule has 8 heteroatoms. The van der Waals surface area contributed by atoms with Crippen molar-refractivity contribution in [2.75, 3.05) is 24.5 Å². The number of piperidine rings is 1. The zero-order chi connectivity index (χ0) is 23.4. The zero-order valence-corrected chi connectivity index (χ0v) is 19.8. The molecule has 2 amide bonds. The monoisotopic (exact) mass is 469 g/mol. The van der Waals surface area contributed by atoms with Crippen LogP contribution in [0.25, 0.3) is 0 Å². The van der Waals surface area contributed by atoms with E-state index in [9.17, 15) is 18.0 Å². The third-order valence-electron chi connectivity index (χ3n) is 6.48. The smallest absolute Gasteiger partial charge is 0.243 e. The lowest BCUT2D eigenvalue weighted by Crippen LogP contribution is -2.44. The first-order valence-electron chi connectivity index (χ1n) is 11.6. The van der Waals surface area contributed by atoms with E-state index >= 15 is 0 Å². The summed E-state index contributed by atoms with van der Waals surface area (Å²) in [6.45, 7) is 2.90. The molecule has 0 bridgehead atoms. The summed E-state index contributed by atoms with van der Waals surface area (Å²) in [7, 11) is -3.59. The molecule has 176 valence electrons. The highest BCUT2D eigenvalue weighted by Crippen LogP contribution is 2.32. The van der Waals surface area contributed by atoms with Crippen LogP contribution >= 0.6 is 0 Å². The normalized spacial score (nSPS) is 19.2. The summed E-state index contributed by atoms with van der Waals surface area (Å²) in [6.07, 6.45) is 4.23. The lowest BCUT2D eigenvalue weighted by molar-refractivity contribution is -0.124. The minimum Gasteiger partial charge on any atom is -0.354 e. The first kappa shape index (κ1) is 23.4. The van der Waals surface area contributed by atoms with Gasteiger partial charge in [-0.15, -0.1) is 0 Å². The van der Waals surface area contributed by atoms with Gasteiger partial charge < -0.3 is 10.2 Å². The van der Waals surface area contributed by atoms with Crippen LogP contribution in [-0.2, 0) is 32.5 Å². The third kappa shape index (κ3) is 5.28. The quantitative estimate of drug-likeness (QED) is 0.676. The van der Waals surface area contributed by atoms with Gasteiger partial charge in [0.05, 0.1) is 4.90 Å². The Bertz CT molecular complexity index is 1120. The molecular formula is C25H31N3O4S. The van der Waals surface area contributed by atoms with Crippen LogP contribution in [0.2, 0.25) is 0 Å². The molecule has 2 aromatic rings. The molecule has 2 aromatic carbocycles. The Labute approximate surface area is 195 Å². The number of nitrogens with zero attached hydrogens (tertiary/aromatic N) is 2. The Morgan fingerprint density at radius 2 is 1.88 bits per heavy atom. The number of carbonyl (C=O) groups is 2. The molecule has 0 aromatic heterocycles. The van der Waals surface area contributed by atoms with Crippen molar-refractivity contribution in [1.29, 1.82) is 0 Å². The highest BCUT2D eigenvalue weighted by molar-refractivity contribution is 7.89. The van der Waals surface area contributed by atoms with Gasteiger partial charge in [-0.05, 0) is 61.9 Å². The lowest BCUT2D eigenvalue weighted by atomic mass is 10.0. The number of fused-ring (bicyclic) bond motifs is 1. The van der Waals surface area contributed by atoms with Crippen molar-refractivity contribution < 1.29 is 18.0 Å². The number of sulfonamides is 1. The summed E-state index contributed by atoms with van der Waals surface area (Å²) in [5, 5.41) is 2.88. The average molecular weight is 470 g/mol. The van der Waals surface area contributed by atoms with Gasteiger partial charge in [-0.2, -0.15) is 4.31 Å². The van der Waals surface area contributed by atoms with E-state index in [0.29, 0.717) is 31.6 Å². The predicted octanol–water partition coefficient (Wildman–Crippen LogP) is 2.89. The number of nitrogens with one attached hydrogen (secondary N) is 1. The second kappa shape index (κ2) is 10.1. The molecule has 4 rings (SSSR count). The van der Waals surface area contributed by atoms with E-state index < -0.39 is 10.0 Å². The molecule has 0 spiro atoms. The molecule has 1 atom stereocenters. The summed E-state index contributed by atoms with van der Waals surface area (Å²) in [6, 6.07) is 14.8. The SMILES string of the molecule is C[C@H]1CCCCN1S(=O)(=O)c1ccc2c(c1)CCC(=O)N2CC(=O)NCCc1ccccc1. The van der Waals surface area contributed by atoms with Crippen LogP contribution in [0.5, 0.6) is 0 Å². The minimum atomic E-state index is -3.59. The summed E-state index contributed by atoms with van der Waals surface area (Å²) in [5.41, 5.74) is 2.54. The number of aryl methyl sites for hydroxylation is 1. The topological polar surface area (TPSA) is 86.8 Å². The highest BCUT2D eigenvalue weighted by atomic mass is 32.2. The van der Waals surface area contributed by atoms with Crippen LogP contribution in [0, 0.1) is 0 Å². The molecule has 1 N–H and O–H groups in total. The minimum absolute atomic E-state index is 0.0163. The number of anilines is 1. The van der Waals surface area contributed by atoms with Gasteiger partial charge in [0.2, 0.25) is 21.8 Å². The van der Waals surface area contributed by atoms with Crippen molar-refractivity contribution in [2.45, 2.75) is 56.4 Å². The molecule has 0 radical (unpaired) electrons. The van der Waals surface area contributed by atoms with Crippen molar-refractivity contribution in [3.8, 4) is 0 Å². The maximum atomic E-state index is 13.2. The molecule has 0 saturated carbocycles. The summed E-state index contributed by atoms with van der Waals surface area (Å²) >= 11 is 0. The number of hydrogen-bond acceptors (Lipinski definition) is 4. The van der Waals surface area contributed by atoms with Crippen molar-refractivity contribution in [2.24, 2.45) is 0 Å². The lowest BCUT2D eigenvalue weighted by Gasteiger charge is -2.33. The Morgan fingerprint density at radius 1 is 1.09 bits per heavy atom. The molecular weight excluding hydrogens is 438 g/mol. The van der Waals surface area contributed by atoms with Gasteiger partial charge in [-0.1, -0.05) is 36.8 Å². The van der Waals surface area contributed by atoms with E-state index in [1.54, 1.807) is 22.5 Å². The Kier molecular flexibility index (Phi) is 7.14. The maximum Gasteiger partial charge on any atom is 0.243 e. The van der Waals surface area contributed by atoms with Crippen LogP contribution in [-0.4, -0.2) is 50.2 Å².